The van der Waals surface area contributed by atoms with Gasteiger partial charge in [-0.2, -0.15) is 5.01 Å². The van der Waals surface area contributed by atoms with Crippen LogP contribution in [-0.4, -0.2) is 42.2 Å². The van der Waals surface area contributed by atoms with E-state index in [0.29, 0.717) is 24.9 Å². The summed E-state index contributed by atoms with van der Waals surface area (Å²) in [7, 11) is 1.80. The van der Waals surface area contributed by atoms with Crippen molar-refractivity contribution in [2.75, 3.05) is 26.7 Å². The second-order valence-corrected chi connectivity index (χ2v) is 2.00. The van der Waals surface area contributed by atoms with E-state index in [-0.39, 0.29) is 0 Å². The zero-order chi connectivity index (χ0) is 8.69. The molecule has 0 aliphatic carbocycles. The number of hydrazine groups is 1. The van der Waals surface area contributed by atoms with Crippen molar-refractivity contribution in [3.05, 3.63) is 4.91 Å². The second-order valence-electron chi connectivity index (χ2n) is 2.00. The summed E-state index contributed by atoms with van der Waals surface area (Å²) in [5, 5.41) is 15.8. The molecule has 0 bridgehead atoms. The molecule has 6 nitrogen and oxygen atoms in total. The summed E-state index contributed by atoms with van der Waals surface area (Å²) in [6.07, 6.45) is 0. The monoisotopic (exact) mass is 162 g/mol. The predicted octanol–water partition coefficient (Wildman–Crippen LogP) is -0.185. The van der Waals surface area contributed by atoms with Gasteiger partial charge in [-0.25, -0.2) is 0 Å². The summed E-state index contributed by atoms with van der Waals surface area (Å²) in [4.78, 5) is 9.83. The van der Waals surface area contributed by atoms with E-state index in [1.165, 1.54) is 5.01 Å². The number of hydrogen-bond acceptors (Lipinski definition) is 5. The fourth-order valence-electron chi connectivity index (χ4n) is 0.667. The molecule has 0 amide bonds. The lowest BCUT2D eigenvalue weighted by Crippen LogP contribution is -2.40. The summed E-state index contributed by atoms with van der Waals surface area (Å²) < 4.78 is 0. The first-order valence-corrected chi connectivity index (χ1v) is 3.48. The Bertz CT molecular complexity index is 111. The maximum absolute atomic E-state index is 9.83. The quantitative estimate of drug-likeness (QED) is 0.418. The van der Waals surface area contributed by atoms with Crippen molar-refractivity contribution in [3.63, 3.8) is 0 Å². The van der Waals surface area contributed by atoms with Gasteiger partial charge in [0.15, 0.2) is 0 Å². The molecule has 0 fully saturated rings. The van der Waals surface area contributed by atoms with Crippen LogP contribution in [0.3, 0.4) is 0 Å². The van der Waals surface area contributed by atoms with Gasteiger partial charge in [0.25, 0.3) is 0 Å². The normalized spacial score (nSPS) is 10.2. The van der Waals surface area contributed by atoms with Crippen LogP contribution < -0.4 is 5.32 Å². The van der Waals surface area contributed by atoms with Crippen LogP contribution in [0.4, 0.5) is 0 Å². The van der Waals surface area contributed by atoms with Gasteiger partial charge in [-0.1, -0.05) is 12.2 Å². The topological polar surface area (TPSA) is 68.2 Å². The molecule has 11 heavy (non-hydrogen) atoms. The maximum Gasteiger partial charge on any atom is 0.0962 e. The van der Waals surface area contributed by atoms with Crippen LogP contribution in [0, 0.1) is 4.91 Å². The Morgan fingerprint density at radius 3 is 2.64 bits per heavy atom. The molecule has 66 valence electrons. The lowest BCUT2D eigenvalue weighted by molar-refractivity contribution is -0.245. The highest BCUT2D eigenvalue weighted by atomic mass is 16.6. The Labute approximate surface area is 65.7 Å². The molecule has 0 radical (unpaired) electrons. The largest absolute Gasteiger partial charge is 0.318 e. The zero-order valence-corrected chi connectivity index (χ0v) is 6.82. The lowest BCUT2D eigenvalue weighted by Gasteiger charge is -2.22. The molecule has 0 atom stereocenters. The number of nitrogens with zero attached hydrogens (tertiary/aromatic N) is 3. The molecule has 0 saturated heterocycles. The minimum Gasteiger partial charge on any atom is -0.318 e. The van der Waals surface area contributed by atoms with Gasteiger partial charge in [-0.05, 0) is 7.05 Å². The van der Waals surface area contributed by atoms with E-state index >= 15 is 0 Å². The minimum atomic E-state index is 0.317. The van der Waals surface area contributed by atoms with Crippen LogP contribution >= 0.6 is 0 Å². The molecule has 0 aromatic rings. The number of hydrogen-bond donors (Lipinski definition) is 2. The van der Waals surface area contributed by atoms with Crippen LogP contribution in [0.25, 0.3) is 0 Å². The van der Waals surface area contributed by atoms with Crippen LogP contribution in [-0.2, 0) is 0 Å². The zero-order valence-electron chi connectivity index (χ0n) is 6.82. The molecule has 6 heteroatoms. The van der Waals surface area contributed by atoms with Gasteiger partial charge >= 0.3 is 0 Å². The summed E-state index contributed by atoms with van der Waals surface area (Å²) in [5.41, 5.74) is 0. The van der Waals surface area contributed by atoms with Gasteiger partial charge in [-0.3, -0.25) is 5.21 Å². The third-order valence-corrected chi connectivity index (χ3v) is 1.31. The van der Waals surface area contributed by atoms with E-state index in [9.17, 15) is 4.91 Å². The van der Waals surface area contributed by atoms with Crippen LogP contribution in [0.1, 0.15) is 6.92 Å². The molecule has 2 N–H and O–H groups in total. The van der Waals surface area contributed by atoms with Crippen LogP contribution in [0.2, 0.25) is 0 Å². The first-order chi connectivity index (χ1) is 5.26. The van der Waals surface area contributed by atoms with Gasteiger partial charge in [-0.15, -0.1) is 4.91 Å². The Morgan fingerprint density at radius 2 is 2.27 bits per heavy atom. The fourth-order valence-corrected chi connectivity index (χ4v) is 0.667. The second kappa shape index (κ2) is 6.02. The van der Waals surface area contributed by atoms with E-state index in [1.807, 2.05) is 6.92 Å². The SMILES string of the molecule is CCN(CCNC)N(O)N=O. The summed E-state index contributed by atoms with van der Waals surface area (Å²) in [6, 6.07) is 0. The molecule has 0 aliphatic rings. The van der Waals surface area contributed by atoms with E-state index in [2.05, 4.69) is 10.6 Å². The molecule has 0 unspecified atom stereocenters. The molecular formula is C5H14N4O2. The first kappa shape index (κ1) is 10.3. The van der Waals surface area contributed by atoms with Crippen molar-refractivity contribution in [2.45, 2.75) is 6.92 Å². The molecular weight excluding hydrogens is 148 g/mol. The summed E-state index contributed by atoms with van der Waals surface area (Å²) in [5.74, 6) is 0. The summed E-state index contributed by atoms with van der Waals surface area (Å²) in [6.45, 7) is 3.61. The van der Waals surface area contributed by atoms with Crippen molar-refractivity contribution >= 4 is 0 Å². The van der Waals surface area contributed by atoms with Gasteiger partial charge in [0, 0.05) is 19.6 Å². The predicted molar refractivity (Wildman–Crippen MR) is 40.6 cm³/mol. The van der Waals surface area contributed by atoms with Crippen LogP contribution in [0.15, 0.2) is 5.29 Å². The smallest absolute Gasteiger partial charge is 0.0962 e. The van der Waals surface area contributed by atoms with Gasteiger partial charge in [0.2, 0.25) is 0 Å². The Hall–Kier alpha value is -0.720. The number of nitroso groups, excluding NO2 is 1. The highest BCUT2D eigenvalue weighted by Crippen LogP contribution is 1.92. The molecule has 0 rings (SSSR count). The van der Waals surface area contributed by atoms with Crippen molar-refractivity contribution in [1.29, 1.82) is 0 Å². The fraction of sp³-hybridized carbons (Fsp3) is 1.00. The van der Waals surface area contributed by atoms with Gasteiger partial charge in [0.05, 0.1) is 5.29 Å². The van der Waals surface area contributed by atoms with Gasteiger partial charge in [0.1, 0.15) is 0 Å². The van der Waals surface area contributed by atoms with Crippen molar-refractivity contribution in [2.24, 2.45) is 5.29 Å². The third kappa shape index (κ3) is 3.87. The molecule has 0 aromatic carbocycles. The molecule has 0 aliphatic heterocycles. The Balaban J connectivity index is 3.64. The molecule has 0 aromatic heterocycles. The number of rotatable bonds is 6. The Kier molecular flexibility index (Phi) is 5.63. The highest BCUT2D eigenvalue weighted by Gasteiger charge is 2.08. The molecule has 0 heterocycles. The van der Waals surface area contributed by atoms with E-state index < -0.39 is 0 Å². The lowest BCUT2D eigenvalue weighted by atomic mass is 10.6. The standard InChI is InChI=1S/C5H14N4O2/c1-3-8(5-4-6-2)9(11)7-10/h6,11H,3-5H2,1-2H3. The number of likely N-dealkylation sites (N-methyl/N-ethyl adjacent to an activating group) is 2. The van der Waals surface area contributed by atoms with Crippen molar-refractivity contribution < 1.29 is 5.21 Å². The van der Waals surface area contributed by atoms with E-state index in [4.69, 9.17) is 5.21 Å². The molecule has 0 spiro atoms. The van der Waals surface area contributed by atoms with Crippen molar-refractivity contribution in [3.8, 4) is 0 Å². The third-order valence-electron chi connectivity index (χ3n) is 1.31. The Morgan fingerprint density at radius 1 is 1.64 bits per heavy atom. The minimum absolute atomic E-state index is 0.317. The number of nitrogens with one attached hydrogen (secondary N) is 1. The van der Waals surface area contributed by atoms with Crippen LogP contribution in [0.5, 0.6) is 0 Å². The van der Waals surface area contributed by atoms with Crippen molar-refractivity contribution in [1.82, 2.24) is 15.6 Å². The summed E-state index contributed by atoms with van der Waals surface area (Å²) >= 11 is 0. The molecule has 0 saturated carbocycles. The average molecular weight is 162 g/mol. The van der Waals surface area contributed by atoms with Gasteiger partial charge < -0.3 is 5.32 Å². The average Bonchev–Trinajstić information content (AvgIpc) is 2.05. The van der Waals surface area contributed by atoms with E-state index in [0.717, 1.165) is 0 Å². The maximum atomic E-state index is 9.83. The van der Waals surface area contributed by atoms with E-state index in [1.54, 1.807) is 7.05 Å². The highest BCUT2D eigenvalue weighted by molar-refractivity contribution is 4.47. The first-order valence-electron chi connectivity index (χ1n) is 3.48.